The molecule has 116 valence electrons. The summed E-state index contributed by atoms with van der Waals surface area (Å²) in [7, 11) is 0. The van der Waals surface area contributed by atoms with Gasteiger partial charge in [-0.25, -0.2) is 0 Å². The van der Waals surface area contributed by atoms with Crippen molar-refractivity contribution in [1.82, 2.24) is 10.3 Å². The van der Waals surface area contributed by atoms with E-state index in [2.05, 4.69) is 10.3 Å². The molecule has 0 aliphatic carbocycles. The number of hydrogen-bond donors (Lipinski definition) is 2. The molecule has 0 saturated heterocycles. The number of carbonyl (C=O) groups is 1. The van der Waals surface area contributed by atoms with Crippen LogP contribution in [0.15, 0.2) is 42.5 Å². The summed E-state index contributed by atoms with van der Waals surface area (Å²) in [6.45, 7) is 5.90. The third-order valence-corrected chi connectivity index (χ3v) is 3.64. The fraction of sp³-hybridized carbons (Fsp3) is 0.333. The van der Waals surface area contributed by atoms with Gasteiger partial charge in [0, 0.05) is 12.1 Å². The van der Waals surface area contributed by atoms with E-state index in [1.165, 1.54) is 0 Å². The number of aliphatic hydroxyl groups is 1. The number of pyridine rings is 1. The Morgan fingerprint density at radius 2 is 1.86 bits per heavy atom. The Morgan fingerprint density at radius 3 is 2.45 bits per heavy atom. The van der Waals surface area contributed by atoms with Crippen molar-refractivity contribution < 1.29 is 9.90 Å². The van der Waals surface area contributed by atoms with Crippen LogP contribution in [0.3, 0.4) is 0 Å². The molecule has 0 bridgehead atoms. The van der Waals surface area contributed by atoms with E-state index in [0.717, 1.165) is 11.3 Å². The first-order valence-electron chi connectivity index (χ1n) is 7.48. The Morgan fingerprint density at radius 1 is 1.18 bits per heavy atom. The van der Waals surface area contributed by atoms with E-state index in [1.54, 1.807) is 6.07 Å². The summed E-state index contributed by atoms with van der Waals surface area (Å²) in [5, 5.41) is 12.5. The highest BCUT2D eigenvalue weighted by molar-refractivity contribution is 5.95. The average molecular weight is 298 g/mol. The van der Waals surface area contributed by atoms with Gasteiger partial charge in [0.15, 0.2) is 0 Å². The van der Waals surface area contributed by atoms with Crippen molar-refractivity contribution in [3.05, 3.63) is 53.7 Å². The first-order valence-corrected chi connectivity index (χ1v) is 7.48. The van der Waals surface area contributed by atoms with E-state index in [0.29, 0.717) is 11.3 Å². The Labute approximate surface area is 131 Å². The molecule has 1 heterocycles. The highest BCUT2D eigenvalue weighted by Crippen LogP contribution is 2.18. The van der Waals surface area contributed by atoms with E-state index >= 15 is 0 Å². The SMILES string of the molecule is Cc1nc(-c2ccccc2)ccc1C(=O)NCC(O)C(C)C. The van der Waals surface area contributed by atoms with Crippen molar-refractivity contribution >= 4 is 5.91 Å². The number of aryl methyl sites for hydroxylation is 1. The van der Waals surface area contributed by atoms with E-state index < -0.39 is 6.10 Å². The highest BCUT2D eigenvalue weighted by Gasteiger charge is 2.14. The van der Waals surface area contributed by atoms with Crippen molar-refractivity contribution in [3.8, 4) is 11.3 Å². The lowest BCUT2D eigenvalue weighted by Crippen LogP contribution is -2.35. The zero-order chi connectivity index (χ0) is 16.1. The van der Waals surface area contributed by atoms with Crippen molar-refractivity contribution in [2.24, 2.45) is 5.92 Å². The van der Waals surface area contributed by atoms with Crippen LogP contribution >= 0.6 is 0 Å². The normalized spacial score (nSPS) is 12.2. The van der Waals surface area contributed by atoms with E-state index in [9.17, 15) is 9.90 Å². The first kappa shape index (κ1) is 16.2. The second kappa shape index (κ2) is 7.18. The van der Waals surface area contributed by atoms with E-state index in [1.807, 2.05) is 57.2 Å². The van der Waals surface area contributed by atoms with Crippen molar-refractivity contribution in [3.63, 3.8) is 0 Å². The molecule has 2 rings (SSSR count). The highest BCUT2D eigenvalue weighted by atomic mass is 16.3. The lowest BCUT2D eigenvalue weighted by molar-refractivity contribution is 0.0870. The molecule has 1 amide bonds. The van der Waals surface area contributed by atoms with Crippen LogP contribution in [0, 0.1) is 12.8 Å². The topological polar surface area (TPSA) is 62.2 Å². The lowest BCUT2D eigenvalue weighted by atomic mass is 10.1. The molecule has 1 aromatic carbocycles. The molecule has 2 aromatic rings. The minimum Gasteiger partial charge on any atom is -0.391 e. The van der Waals surface area contributed by atoms with Gasteiger partial charge in [-0.15, -0.1) is 0 Å². The Bertz CT molecular complexity index is 639. The third kappa shape index (κ3) is 3.92. The first-order chi connectivity index (χ1) is 10.5. The number of amides is 1. The molecule has 1 aromatic heterocycles. The van der Waals surface area contributed by atoms with Gasteiger partial charge in [0.25, 0.3) is 5.91 Å². The second-order valence-electron chi connectivity index (χ2n) is 5.72. The molecule has 0 fully saturated rings. The van der Waals surface area contributed by atoms with Crippen LogP contribution in [0.5, 0.6) is 0 Å². The summed E-state index contributed by atoms with van der Waals surface area (Å²) in [6, 6.07) is 13.5. The molecule has 0 spiro atoms. The summed E-state index contributed by atoms with van der Waals surface area (Å²) >= 11 is 0. The number of nitrogens with zero attached hydrogens (tertiary/aromatic N) is 1. The van der Waals surface area contributed by atoms with E-state index in [4.69, 9.17) is 0 Å². The van der Waals surface area contributed by atoms with Crippen LogP contribution in [-0.2, 0) is 0 Å². The van der Waals surface area contributed by atoms with Crippen molar-refractivity contribution in [2.75, 3.05) is 6.54 Å². The lowest BCUT2D eigenvalue weighted by Gasteiger charge is -2.15. The maximum absolute atomic E-state index is 12.2. The van der Waals surface area contributed by atoms with Gasteiger partial charge in [0.1, 0.15) is 0 Å². The van der Waals surface area contributed by atoms with Crippen LogP contribution in [0.1, 0.15) is 29.9 Å². The Balaban J connectivity index is 2.11. The van der Waals surface area contributed by atoms with Crippen LogP contribution in [-0.4, -0.2) is 28.6 Å². The summed E-state index contributed by atoms with van der Waals surface area (Å²) in [5.41, 5.74) is 3.08. The molecule has 2 N–H and O–H groups in total. The number of aliphatic hydroxyl groups excluding tert-OH is 1. The molecule has 0 radical (unpaired) electrons. The molecule has 4 nitrogen and oxygen atoms in total. The third-order valence-electron chi connectivity index (χ3n) is 3.64. The van der Waals surface area contributed by atoms with Gasteiger partial charge in [0.2, 0.25) is 0 Å². The molecule has 22 heavy (non-hydrogen) atoms. The van der Waals surface area contributed by atoms with Crippen molar-refractivity contribution in [1.29, 1.82) is 0 Å². The van der Waals surface area contributed by atoms with E-state index in [-0.39, 0.29) is 18.4 Å². The largest absolute Gasteiger partial charge is 0.391 e. The van der Waals surface area contributed by atoms with Gasteiger partial charge in [-0.1, -0.05) is 44.2 Å². The molecular formula is C18H22N2O2. The number of hydrogen-bond acceptors (Lipinski definition) is 3. The summed E-state index contributed by atoms with van der Waals surface area (Å²) in [5.74, 6) is -0.0932. The number of carbonyl (C=O) groups excluding carboxylic acids is 1. The second-order valence-corrected chi connectivity index (χ2v) is 5.72. The molecule has 1 atom stereocenters. The standard InChI is InChI=1S/C18H22N2O2/c1-12(2)17(21)11-19-18(22)15-9-10-16(20-13(15)3)14-7-5-4-6-8-14/h4-10,12,17,21H,11H2,1-3H3,(H,19,22). The smallest absolute Gasteiger partial charge is 0.253 e. The van der Waals surface area contributed by atoms with Gasteiger partial charge >= 0.3 is 0 Å². The van der Waals surface area contributed by atoms with Crippen LogP contribution in [0.2, 0.25) is 0 Å². The maximum atomic E-state index is 12.2. The molecular weight excluding hydrogens is 276 g/mol. The van der Waals surface area contributed by atoms with Crippen LogP contribution in [0.4, 0.5) is 0 Å². The number of aromatic nitrogens is 1. The van der Waals surface area contributed by atoms with Gasteiger partial charge in [0.05, 0.1) is 23.1 Å². The zero-order valence-corrected chi connectivity index (χ0v) is 13.2. The summed E-state index contributed by atoms with van der Waals surface area (Å²) in [4.78, 5) is 16.7. The van der Waals surface area contributed by atoms with Gasteiger partial charge in [-0.05, 0) is 25.0 Å². The monoisotopic (exact) mass is 298 g/mol. The Hall–Kier alpha value is -2.20. The minimum absolute atomic E-state index is 0.111. The maximum Gasteiger partial charge on any atom is 0.253 e. The zero-order valence-electron chi connectivity index (χ0n) is 13.2. The number of benzene rings is 1. The average Bonchev–Trinajstić information content (AvgIpc) is 2.52. The molecule has 4 heteroatoms. The molecule has 0 saturated carbocycles. The fourth-order valence-electron chi connectivity index (χ4n) is 2.10. The van der Waals surface area contributed by atoms with Crippen LogP contribution < -0.4 is 5.32 Å². The minimum atomic E-state index is -0.541. The van der Waals surface area contributed by atoms with Crippen molar-refractivity contribution in [2.45, 2.75) is 26.9 Å². The van der Waals surface area contributed by atoms with Gasteiger partial charge in [-0.2, -0.15) is 0 Å². The molecule has 1 unspecified atom stereocenters. The predicted molar refractivity (Wildman–Crippen MR) is 87.6 cm³/mol. The summed E-state index contributed by atoms with van der Waals surface area (Å²) < 4.78 is 0. The number of nitrogens with one attached hydrogen (secondary N) is 1. The number of rotatable bonds is 5. The van der Waals surface area contributed by atoms with Gasteiger partial charge in [-0.3, -0.25) is 9.78 Å². The molecule has 0 aliphatic heterocycles. The van der Waals surface area contributed by atoms with Gasteiger partial charge < -0.3 is 10.4 Å². The predicted octanol–water partition coefficient (Wildman–Crippen LogP) is 2.80. The quantitative estimate of drug-likeness (QED) is 0.892. The fourth-order valence-corrected chi connectivity index (χ4v) is 2.10. The Kier molecular flexibility index (Phi) is 5.28. The summed E-state index contributed by atoms with van der Waals surface area (Å²) in [6.07, 6.45) is -0.541. The van der Waals surface area contributed by atoms with Crippen LogP contribution in [0.25, 0.3) is 11.3 Å². The molecule has 0 aliphatic rings.